The Balaban J connectivity index is 1.57. The van der Waals surface area contributed by atoms with Gasteiger partial charge in [-0.25, -0.2) is 9.97 Å². The molecule has 0 atom stereocenters. The number of carbonyl (C=O) groups excluding carboxylic acids is 1. The fourth-order valence-electron chi connectivity index (χ4n) is 3.65. The van der Waals surface area contributed by atoms with Crippen molar-refractivity contribution in [1.82, 2.24) is 14.9 Å². The third-order valence-electron chi connectivity index (χ3n) is 5.36. The van der Waals surface area contributed by atoms with Crippen LogP contribution in [0.1, 0.15) is 43.6 Å². The molecule has 1 saturated carbocycles. The fraction of sp³-hybridized carbons (Fsp3) is 0.667. The molecule has 1 amide bonds. The summed E-state index contributed by atoms with van der Waals surface area (Å²) in [5.41, 5.74) is 0.256. The summed E-state index contributed by atoms with van der Waals surface area (Å²) in [5, 5.41) is 12.4. The first-order chi connectivity index (χ1) is 11.6. The van der Waals surface area contributed by atoms with Crippen LogP contribution >= 0.6 is 0 Å². The normalized spacial score (nSPS) is 20.1. The molecule has 128 valence electrons. The molecule has 0 spiro atoms. The lowest BCUT2D eigenvalue weighted by molar-refractivity contribution is -0.144. The van der Waals surface area contributed by atoms with E-state index < -0.39 is 5.41 Å². The number of nitrogens with one attached hydrogen (secondary N) is 1. The Bertz CT molecular complexity index is 654. The van der Waals surface area contributed by atoms with E-state index in [0.717, 1.165) is 69.0 Å². The van der Waals surface area contributed by atoms with Crippen molar-refractivity contribution < 1.29 is 4.79 Å². The molecule has 0 aromatic carbocycles. The van der Waals surface area contributed by atoms with Crippen molar-refractivity contribution in [2.45, 2.75) is 45.4 Å². The van der Waals surface area contributed by atoms with Crippen molar-refractivity contribution in [3.8, 4) is 6.07 Å². The predicted molar refractivity (Wildman–Crippen MR) is 91.2 cm³/mol. The highest BCUT2D eigenvalue weighted by Gasteiger charge is 2.47. The molecular weight excluding hydrogens is 302 g/mol. The van der Waals surface area contributed by atoms with Crippen LogP contribution in [-0.2, 0) is 11.2 Å². The number of carbonyl (C=O) groups is 1. The van der Waals surface area contributed by atoms with Crippen LogP contribution in [0.15, 0.2) is 6.07 Å². The van der Waals surface area contributed by atoms with Crippen LogP contribution in [0.5, 0.6) is 0 Å². The third-order valence-corrected chi connectivity index (χ3v) is 5.36. The van der Waals surface area contributed by atoms with Crippen LogP contribution in [0.25, 0.3) is 0 Å². The average molecular weight is 327 g/mol. The minimum Gasteiger partial charge on any atom is -0.373 e. The van der Waals surface area contributed by atoms with Gasteiger partial charge in [0, 0.05) is 38.3 Å². The van der Waals surface area contributed by atoms with Gasteiger partial charge in [0.15, 0.2) is 0 Å². The number of rotatable bonds is 4. The first-order valence-electron chi connectivity index (χ1n) is 8.79. The van der Waals surface area contributed by atoms with Gasteiger partial charge in [-0.1, -0.05) is 0 Å². The highest BCUT2D eigenvalue weighted by molar-refractivity contribution is 5.86. The highest BCUT2D eigenvalue weighted by atomic mass is 16.2. The molecule has 1 N–H and O–H groups in total. The summed E-state index contributed by atoms with van der Waals surface area (Å²) >= 11 is 0. The van der Waals surface area contributed by atoms with E-state index in [4.69, 9.17) is 0 Å². The largest absolute Gasteiger partial charge is 0.373 e. The van der Waals surface area contributed by atoms with Crippen molar-refractivity contribution in [2.75, 3.05) is 25.5 Å². The second-order valence-electron chi connectivity index (χ2n) is 7.05. The molecule has 0 unspecified atom stereocenters. The van der Waals surface area contributed by atoms with E-state index in [9.17, 15) is 10.1 Å². The number of likely N-dealkylation sites (tertiary alicyclic amines) is 1. The first-order valence-corrected chi connectivity index (χ1v) is 8.79. The second-order valence-corrected chi connectivity index (χ2v) is 7.05. The van der Waals surface area contributed by atoms with E-state index in [-0.39, 0.29) is 5.91 Å². The van der Waals surface area contributed by atoms with Gasteiger partial charge in [0.25, 0.3) is 0 Å². The van der Waals surface area contributed by atoms with Crippen LogP contribution in [0.3, 0.4) is 0 Å². The number of hydrogen-bond donors (Lipinski definition) is 1. The van der Waals surface area contributed by atoms with Gasteiger partial charge in [-0.05, 0) is 44.9 Å². The van der Waals surface area contributed by atoms with Crippen LogP contribution in [0, 0.1) is 29.6 Å². The molecule has 1 saturated heterocycles. The lowest BCUT2D eigenvalue weighted by Crippen LogP contribution is -2.49. The van der Waals surface area contributed by atoms with E-state index >= 15 is 0 Å². The van der Waals surface area contributed by atoms with Gasteiger partial charge in [0.05, 0.1) is 6.07 Å². The van der Waals surface area contributed by atoms with Crippen molar-refractivity contribution in [3.63, 3.8) is 0 Å². The number of aromatic nitrogens is 2. The molecule has 2 fully saturated rings. The van der Waals surface area contributed by atoms with Gasteiger partial charge in [-0.3, -0.25) is 4.79 Å². The topological polar surface area (TPSA) is 81.9 Å². The SMILES string of the molecule is CNc1cc(C)nc(CC2CCN(C(=O)C3(C#N)CCC3)CC2)n1. The number of nitrogens with zero attached hydrogens (tertiary/aromatic N) is 4. The summed E-state index contributed by atoms with van der Waals surface area (Å²) in [5.74, 6) is 2.28. The molecule has 6 heteroatoms. The zero-order valence-corrected chi connectivity index (χ0v) is 14.5. The fourth-order valence-corrected chi connectivity index (χ4v) is 3.65. The van der Waals surface area contributed by atoms with E-state index in [1.807, 2.05) is 24.9 Å². The Labute approximate surface area is 143 Å². The Hall–Kier alpha value is -2.16. The van der Waals surface area contributed by atoms with Gasteiger partial charge in [-0.2, -0.15) is 5.26 Å². The zero-order valence-electron chi connectivity index (χ0n) is 14.5. The number of hydrogen-bond acceptors (Lipinski definition) is 5. The Morgan fingerprint density at radius 1 is 1.42 bits per heavy atom. The van der Waals surface area contributed by atoms with Crippen LogP contribution < -0.4 is 5.32 Å². The van der Waals surface area contributed by atoms with Crippen LogP contribution in [0.4, 0.5) is 5.82 Å². The molecule has 6 nitrogen and oxygen atoms in total. The lowest BCUT2D eigenvalue weighted by Gasteiger charge is -2.40. The minimum absolute atomic E-state index is 0.0546. The van der Waals surface area contributed by atoms with E-state index in [1.54, 1.807) is 0 Å². The highest BCUT2D eigenvalue weighted by Crippen LogP contribution is 2.42. The third kappa shape index (κ3) is 3.21. The summed E-state index contributed by atoms with van der Waals surface area (Å²) in [6.45, 7) is 3.47. The molecule has 3 rings (SSSR count). The molecule has 24 heavy (non-hydrogen) atoms. The summed E-state index contributed by atoms with van der Waals surface area (Å²) < 4.78 is 0. The van der Waals surface area contributed by atoms with Gasteiger partial charge in [-0.15, -0.1) is 0 Å². The van der Waals surface area contributed by atoms with E-state index in [1.165, 1.54) is 0 Å². The molecule has 2 aliphatic rings. The number of aryl methyl sites for hydroxylation is 1. The van der Waals surface area contributed by atoms with Crippen LogP contribution in [0.2, 0.25) is 0 Å². The standard InChI is InChI=1S/C18H25N5O/c1-13-10-15(20-2)22-16(21-13)11-14-4-8-23(9-5-14)17(24)18(12-19)6-3-7-18/h10,14H,3-9,11H2,1-2H3,(H,20,21,22). The molecule has 1 aliphatic carbocycles. The Morgan fingerprint density at radius 2 is 2.12 bits per heavy atom. The van der Waals surface area contributed by atoms with Crippen molar-refractivity contribution in [1.29, 1.82) is 5.26 Å². The summed E-state index contributed by atoms with van der Waals surface area (Å²) in [4.78, 5) is 23.6. The number of anilines is 1. The lowest BCUT2D eigenvalue weighted by atomic mass is 9.68. The first kappa shape index (κ1) is 16.7. The second kappa shape index (κ2) is 6.76. The molecule has 1 aromatic rings. The van der Waals surface area contributed by atoms with Gasteiger partial charge in [0.2, 0.25) is 5.91 Å². The summed E-state index contributed by atoms with van der Waals surface area (Å²) in [6.07, 6.45) is 5.22. The number of amides is 1. The minimum atomic E-state index is -0.714. The number of piperidine rings is 1. The summed E-state index contributed by atoms with van der Waals surface area (Å²) in [7, 11) is 1.86. The Kier molecular flexibility index (Phi) is 4.70. The van der Waals surface area contributed by atoms with Crippen LogP contribution in [-0.4, -0.2) is 40.9 Å². The molecule has 0 bridgehead atoms. The van der Waals surface area contributed by atoms with Crippen molar-refractivity contribution >= 4 is 11.7 Å². The molecular formula is C18H25N5O. The van der Waals surface area contributed by atoms with Gasteiger partial charge in [0.1, 0.15) is 17.1 Å². The van der Waals surface area contributed by atoms with E-state index in [0.29, 0.717) is 5.92 Å². The zero-order chi connectivity index (χ0) is 17.2. The maximum atomic E-state index is 12.6. The van der Waals surface area contributed by atoms with Gasteiger partial charge < -0.3 is 10.2 Å². The quantitative estimate of drug-likeness (QED) is 0.917. The maximum Gasteiger partial charge on any atom is 0.243 e. The van der Waals surface area contributed by atoms with Crippen molar-refractivity contribution in [2.24, 2.45) is 11.3 Å². The molecule has 1 aliphatic heterocycles. The van der Waals surface area contributed by atoms with Crippen molar-refractivity contribution in [3.05, 3.63) is 17.6 Å². The Morgan fingerprint density at radius 3 is 2.67 bits per heavy atom. The smallest absolute Gasteiger partial charge is 0.243 e. The predicted octanol–water partition coefficient (Wildman–Crippen LogP) is 2.30. The van der Waals surface area contributed by atoms with Gasteiger partial charge >= 0.3 is 0 Å². The average Bonchev–Trinajstić information content (AvgIpc) is 2.54. The maximum absolute atomic E-state index is 12.6. The molecule has 2 heterocycles. The monoisotopic (exact) mass is 327 g/mol. The molecule has 1 aromatic heterocycles. The summed E-state index contributed by atoms with van der Waals surface area (Å²) in [6, 6.07) is 4.20. The van der Waals surface area contributed by atoms with E-state index in [2.05, 4.69) is 21.4 Å². The molecule has 0 radical (unpaired) electrons. The number of nitriles is 1.